The maximum atomic E-state index is 12.7. The summed E-state index contributed by atoms with van der Waals surface area (Å²) in [6.45, 7) is 12.2. The molecule has 1 amide bonds. The molecule has 0 saturated carbocycles. The normalized spacial score (nSPS) is 14.1. The first-order chi connectivity index (χ1) is 17.0. The smallest absolute Gasteiger partial charge is 0.337 e. The van der Waals surface area contributed by atoms with Gasteiger partial charge in [-0.25, -0.2) is 4.79 Å². The molecule has 6 heteroatoms. The number of carbonyl (C=O) groups excluding carboxylic acids is 1. The van der Waals surface area contributed by atoms with Crippen LogP contribution in [0.5, 0.6) is 5.75 Å². The van der Waals surface area contributed by atoms with Crippen LogP contribution in [-0.4, -0.2) is 29.2 Å². The van der Waals surface area contributed by atoms with Gasteiger partial charge in [-0.2, -0.15) is 0 Å². The molecule has 1 aliphatic rings. The zero-order chi connectivity index (χ0) is 26.5. The van der Waals surface area contributed by atoms with E-state index in [2.05, 4.69) is 18.3 Å². The fourth-order valence-electron chi connectivity index (χ4n) is 4.81. The Balaban J connectivity index is 2.11. The Labute approximate surface area is 215 Å². The SMILES string of the molecule is CCCCCCC(=O)Nc1cc(C)c(-c2ccc3c(c2)CCCO3)c(C(OC(C)(C)C)C(=O)O)c1C. The highest BCUT2D eigenvalue weighted by Gasteiger charge is 2.32. The van der Waals surface area contributed by atoms with E-state index in [1.54, 1.807) is 0 Å². The first-order valence-corrected chi connectivity index (χ1v) is 13.1. The Morgan fingerprint density at radius 1 is 1.14 bits per heavy atom. The number of carboxylic acids is 1. The third-order valence-corrected chi connectivity index (χ3v) is 6.52. The minimum absolute atomic E-state index is 0.0538. The number of anilines is 1. The van der Waals surface area contributed by atoms with Crippen molar-refractivity contribution in [2.75, 3.05) is 11.9 Å². The molecule has 2 aromatic carbocycles. The van der Waals surface area contributed by atoms with Gasteiger partial charge in [0.15, 0.2) is 6.10 Å². The van der Waals surface area contributed by atoms with Crippen LogP contribution >= 0.6 is 0 Å². The first-order valence-electron chi connectivity index (χ1n) is 13.1. The fourth-order valence-corrected chi connectivity index (χ4v) is 4.81. The van der Waals surface area contributed by atoms with Crippen LogP contribution in [0, 0.1) is 13.8 Å². The van der Waals surface area contributed by atoms with Crippen LogP contribution in [-0.2, 0) is 20.7 Å². The number of rotatable bonds is 10. The molecule has 3 rings (SSSR count). The van der Waals surface area contributed by atoms with Gasteiger partial charge >= 0.3 is 5.97 Å². The second-order valence-corrected chi connectivity index (χ2v) is 10.7. The van der Waals surface area contributed by atoms with E-state index in [0.717, 1.165) is 66.5 Å². The molecule has 0 fully saturated rings. The van der Waals surface area contributed by atoms with Crippen LogP contribution in [0.3, 0.4) is 0 Å². The lowest BCUT2D eigenvalue weighted by atomic mass is 9.86. The fraction of sp³-hybridized carbons (Fsp3) is 0.533. The Kier molecular flexibility index (Phi) is 9.18. The number of hydrogen-bond donors (Lipinski definition) is 2. The summed E-state index contributed by atoms with van der Waals surface area (Å²) in [7, 11) is 0. The zero-order valence-corrected chi connectivity index (χ0v) is 22.6. The molecule has 6 nitrogen and oxygen atoms in total. The lowest BCUT2D eigenvalue weighted by Gasteiger charge is -2.30. The highest BCUT2D eigenvalue weighted by molar-refractivity contribution is 5.94. The summed E-state index contributed by atoms with van der Waals surface area (Å²) < 4.78 is 11.9. The molecule has 0 saturated heterocycles. The molecule has 0 spiro atoms. The number of ether oxygens (including phenoxy) is 2. The van der Waals surface area contributed by atoms with Crippen LogP contribution in [0.2, 0.25) is 0 Å². The number of fused-ring (bicyclic) bond motifs is 1. The molecule has 1 aliphatic heterocycles. The number of unbranched alkanes of at least 4 members (excludes halogenated alkanes) is 3. The van der Waals surface area contributed by atoms with E-state index in [0.29, 0.717) is 29.8 Å². The number of aryl methyl sites for hydroxylation is 2. The molecule has 2 aromatic rings. The van der Waals surface area contributed by atoms with Crippen molar-refractivity contribution in [3.05, 3.63) is 46.5 Å². The Morgan fingerprint density at radius 3 is 2.56 bits per heavy atom. The van der Waals surface area contributed by atoms with Gasteiger partial charge in [0.1, 0.15) is 5.75 Å². The highest BCUT2D eigenvalue weighted by Crippen LogP contribution is 2.42. The van der Waals surface area contributed by atoms with Crippen molar-refractivity contribution >= 4 is 17.6 Å². The summed E-state index contributed by atoms with van der Waals surface area (Å²) in [6, 6.07) is 8.00. The van der Waals surface area contributed by atoms with Gasteiger partial charge in [0, 0.05) is 17.7 Å². The van der Waals surface area contributed by atoms with E-state index in [9.17, 15) is 14.7 Å². The number of aliphatic carboxylic acids is 1. The summed E-state index contributed by atoms with van der Waals surface area (Å²) in [5, 5.41) is 13.3. The van der Waals surface area contributed by atoms with Crippen molar-refractivity contribution in [3.63, 3.8) is 0 Å². The molecule has 0 radical (unpaired) electrons. The Morgan fingerprint density at radius 2 is 1.89 bits per heavy atom. The van der Waals surface area contributed by atoms with Crippen LogP contribution in [0.25, 0.3) is 11.1 Å². The summed E-state index contributed by atoms with van der Waals surface area (Å²) >= 11 is 0. The summed E-state index contributed by atoms with van der Waals surface area (Å²) in [5.74, 6) is -0.228. The van der Waals surface area contributed by atoms with E-state index in [1.807, 2.05) is 52.8 Å². The quantitative estimate of drug-likeness (QED) is 0.342. The number of hydrogen-bond acceptors (Lipinski definition) is 4. The topological polar surface area (TPSA) is 84.9 Å². The molecule has 196 valence electrons. The standard InChI is InChI=1S/C30H41NO5/c1-7-8-9-10-13-25(32)31-23-17-19(2)26(22-14-15-24-21(18-22)12-11-16-35-24)27(20(23)3)28(29(33)34)36-30(4,5)6/h14-15,17-18,28H,7-13,16H2,1-6H3,(H,31,32)(H,33,34). The van der Waals surface area contributed by atoms with Crippen molar-refractivity contribution in [2.45, 2.75) is 98.2 Å². The van der Waals surface area contributed by atoms with Gasteiger partial charge in [0.05, 0.1) is 12.2 Å². The number of benzene rings is 2. The first kappa shape index (κ1) is 27.7. The van der Waals surface area contributed by atoms with Crippen molar-refractivity contribution < 1.29 is 24.2 Å². The van der Waals surface area contributed by atoms with Crippen molar-refractivity contribution in [1.29, 1.82) is 0 Å². The second-order valence-electron chi connectivity index (χ2n) is 10.7. The van der Waals surface area contributed by atoms with Crippen molar-refractivity contribution in [1.82, 2.24) is 0 Å². The van der Waals surface area contributed by atoms with E-state index in [4.69, 9.17) is 9.47 Å². The zero-order valence-electron chi connectivity index (χ0n) is 22.6. The maximum Gasteiger partial charge on any atom is 0.337 e. The van der Waals surface area contributed by atoms with E-state index < -0.39 is 17.7 Å². The largest absolute Gasteiger partial charge is 0.493 e. The Bertz CT molecular complexity index is 1100. The van der Waals surface area contributed by atoms with E-state index >= 15 is 0 Å². The van der Waals surface area contributed by atoms with Crippen molar-refractivity contribution in [3.8, 4) is 16.9 Å². The third kappa shape index (κ3) is 6.88. The lowest BCUT2D eigenvalue weighted by molar-refractivity contribution is -0.160. The maximum absolute atomic E-state index is 12.7. The van der Waals surface area contributed by atoms with Crippen LogP contribution in [0.15, 0.2) is 24.3 Å². The minimum Gasteiger partial charge on any atom is -0.493 e. The van der Waals surface area contributed by atoms with Gasteiger partial charge in [-0.1, -0.05) is 32.3 Å². The molecular weight excluding hydrogens is 454 g/mol. The van der Waals surface area contributed by atoms with Gasteiger partial charge in [-0.05, 0) is 99.9 Å². The summed E-state index contributed by atoms with van der Waals surface area (Å²) in [4.78, 5) is 25.3. The van der Waals surface area contributed by atoms with E-state index in [-0.39, 0.29) is 5.91 Å². The monoisotopic (exact) mass is 495 g/mol. The van der Waals surface area contributed by atoms with Gasteiger partial charge < -0.3 is 19.9 Å². The third-order valence-electron chi connectivity index (χ3n) is 6.52. The molecule has 1 unspecified atom stereocenters. The van der Waals surface area contributed by atoms with Crippen LogP contribution in [0.4, 0.5) is 5.69 Å². The predicted molar refractivity (Wildman–Crippen MR) is 144 cm³/mol. The summed E-state index contributed by atoms with van der Waals surface area (Å²) in [6.07, 6.45) is 5.22. The number of amides is 1. The van der Waals surface area contributed by atoms with Crippen molar-refractivity contribution in [2.24, 2.45) is 0 Å². The molecule has 1 heterocycles. The predicted octanol–water partition coefficient (Wildman–Crippen LogP) is 7.15. The molecular formula is C30H41NO5. The van der Waals surface area contributed by atoms with Crippen LogP contribution < -0.4 is 10.1 Å². The number of carboxylic acid groups (broad SMARTS) is 1. The molecule has 2 N–H and O–H groups in total. The lowest BCUT2D eigenvalue weighted by Crippen LogP contribution is -2.28. The molecule has 1 atom stereocenters. The average molecular weight is 496 g/mol. The minimum atomic E-state index is -1.19. The van der Waals surface area contributed by atoms with Crippen LogP contribution in [0.1, 0.15) is 94.6 Å². The highest BCUT2D eigenvalue weighted by atomic mass is 16.5. The molecule has 0 aliphatic carbocycles. The average Bonchev–Trinajstić information content (AvgIpc) is 2.81. The van der Waals surface area contributed by atoms with Gasteiger partial charge in [-0.15, -0.1) is 0 Å². The summed E-state index contributed by atoms with van der Waals surface area (Å²) in [5.41, 5.74) is 5.01. The molecule has 0 aromatic heterocycles. The van der Waals surface area contributed by atoms with Gasteiger partial charge in [-0.3, -0.25) is 4.79 Å². The van der Waals surface area contributed by atoms with Gasteiger partial charge in [0.2, 0.25) is 5.91 Å². The number of nitrogens with one attached hydrogen (secondary N) is 1. The van der Waals surface area contributed by atoms with E-state index in [1.165, 1.54) is 0 Å². The Hall–Kier alpha value is -2.86. The number of carbonyl (C=O) groups is 2. The molecule has 36 heavy (non-hydrogen) atoms. The second kappa shape index (κ2) is 11.9. The van der Waals surface area contributed by atoms with Gasteiger partial charge in [0.25, 0.3) is 0 Å². The molecule has 0 bridgehead atoms.